The lowest BCUT2D eigenvalue weighted by molar-refractivity contribution is -0.122. The highest BCUT2D eigenvalue weighted by atomic mass is 16.3. The van der Waals surface area contributed by atoms with E-state index in [1.807, 2.05) is 35.0 Å². The van der Waals surface area contributed by atoms with Crippen molar-refractivity contribution >= 4 is 12.4 Å². The molecule has 152 valence electrons. The van der Waals surface area contributed by atoms with Gasteiger partial charge in [-0.25, -0.2) is 14.5 Å². The molecule has 3 N–H and O–H groups in total. The van der Waals surface area contributed by atoms with E-state index in [1.165, 1.54) is 6.20 Å². The fourth-order valence-corrected chi connectivity index (χ4v) is 3.42. The molecule has 10 nitrogen and oxygen atoms in total. The Bertz CT molecular complexity index is 1040. The number of carboxylic acid groups (broad SMARTS) is 1. The molecule has 1 aliphatic rings. The Hall–Kier alpha value is -3.69. The van der Waals surface area contributed by atoms with Gasteiger partial charge in [0, 0.05) is 18.3 Å². The molecule has 0 aliphatic carbocycles. The number of imidazole rings is 1. The molecule has 3 heterocycles. The molecule has 0 bridgehead atoms. The maximum Gasteiger partial charge on any atom is 0.323 e. The second kappa shape index (κ2) is 8.55. The lowest BCUT2D eigenvalue weighted by Crippen LogP contribution is -2.44. The molecule has 1 amide bonds. The highest BCUT2D eigenvalue weighted by Crippen LogP contribution is 2.33. The maximum atomic E-state index is 12.9. The van der Waals surface area contributed by atoms with Crippen LogP contribution in [0, 0.1) is 5.92 Å². The van der Waals surface area contributed by atoms with Crippen LogP contribution in [-0.4, -0.2) is 53.7 Å². The van der Waals surface area contributed by atoms with E-state index in [0.29, 0.717) is 18.9 Å². The van der Waals surface area contributed by atoms with Crippen molar-refractivity contribution in [2.24, 2.45) is 5.92 Å². The van der Waals surface area contributed by atoms with Crippen molar-refractivity contribution in [3.05, 3.63) is 58.5 Å². The molecule has 1 atom stereocenters. The van der Waals surface area contributed by atoms with Gasteiger partial charge in [0.2, 0.25) is 0 Å². The number of carbonyl (C=O) groups excluding carboxylic acids is 1. The van der Waals surface area contributed by atoms with Crippen LogP contribution in [0.25, 0.3) is 11.4 Å². The van der Waals surface area contributed by atoms with E-state index in [-0.39, 0.29) is 35.7 Å². The number of rotatable bonds is 3. The molecule has 0 fully saturated rings. The zero-order valence-corrected chi connectivity index (χ0v) is 16.1. The Kier molecular flexibility index (Phi) is 5.91. The maximum absolute atomic E-state index is 12.9. The number of aromatic nitrogens is 5. The number of aromatic amines is 2. The highest BCUT2D eigenvalue weighted by molar-refractivity contribution is 5.92. The summed E-state index contributed by atoms with van der Waals surface area (Å²) >= 11 is 0. The Morgan fingerprint density at radius 2 is 1.97 bits per heavy atom. The lowest BCUT2D eigenvalue weighted by Gasteiger charge is -2.37. The fraction of sp³-hybridized carbons (Fsp3) is 0.316. The summed E-state index contributed by atoms with van der Waals surface area (Å²) in [4.78, 5) is 44.1. The average Bonchev–Trinajstić information content (AvgIpc) is 3.34. The smallest absolute Gasteiger partial charge is 0.323 e. The predicted octanol–water partition coefficient (Wildman–Crippen LogP) is 1.52. The van der Waals surface area contributed by atoms with Crippen LogP contribution in [-0.2, 0) is 11.3 Å². The van der Waals surface area contributed by atoms with Crippen LogP contribution in [0.5, 0.6) is 0 Å². The van der Waals surface area contributed by atoms with Crippen molar-refractivity contribution in [1.82, 2.24) is 29.6 Å². The monoisotopic (exact) mass is 398 g/mol. The molecule has 0 saturated heterocycles. The number of fused-ring (bicyclic) bond motifs is 1. The van der Waals surface area contributed by atoms with Gasteiger partial charge in [0.1, 0.15) is 5.69 Å². The molecule has 0 saturated carbocycles. The van der Waals surface area contributed by atoms with Gasteiger partial charge in [-0.3, -0.25) is 9.59 Å². The van der Waals surface area contributed by atoms with E-state index in [1.54, 1.807) is 4.90 Å². The van der Waals surface area contributed by atoms with Crippen LogP contribution in [0.3, 0.4) is 0 Å². The molecule has 1 aliphatic heterocycles. The van der Waals surface area contributed by atoms with Gasteiger partial charge in [-0.15, -0.1) is 0 Å². The van der Waals surface area contributed by atoms with Crippen LogP contribution in [0.2, 0.25) is 0 Å². The quantitative estimate of drug-likeness (QED) is 0.572. The number of nitrogens with one attached hydrogen (secondary N) is 2. The SMILES string of the molecule is CC(C)[C@H]1c2nc(-c3ccccc3)nn2CCN1C(=O)c1c[nH]c(=O)[nH]1.O=CO. The number of H-pyrrole nitrogens is 2. The van der Waals surface area contributed by atoms with Crippen molar-refractivity contribution in [2.75, 3.05) is 6.54 Å². The van der Waals surface area contributed by atoms with Gasteiger partial charge in [0.05, 0.1) is 12.6 Å². The molecule has 0 radical (unpaired) electrons. The summed E-state index contributed by atoms with van der Waals surface area (Å²) < 4.78 is 1.89. The van der Waals surface area contributed by atoms with E-state index in [9.17, 15) is 9.59 Å². The molecular formula is C19H22N6O4. The number of carbonyl (C=O) groups is 2. The number of hydrogen-bond acceptors (Lipinski definition) is 5. The summed E-state index contributed by atoms with van der Waals surface area (Å²) in [6, 6.07) is 9.59. The van der Waals surface area contributed by atoms with Crippen molar-refractivity contribution in [2.45, 2.75) is 26.4 Å². The number of hydrogen-bond donors (Lipinski definition) is 3. The van der Waals surface area contributed by atoms with Gasteiger partial charge in [-0.2, -0.15) is 5.10 Å². The molecule has 0 unspecified atom stereocenters. The summed E-state index contributed by atoms with van der Waals surface area (Å²) in [6.07, 6.45) is 1.41. The second-order valence-corrected chi connectivity index (χ2v) is 6.83. The Labute approximate surface area is 166 Å². The minimum atomic E-state index is -0.388. The molecular weight excluding hydrogens is 376 g/mol. The highest BCUT2D eigenvalue weighted by Gasteiger charge is 2.36. The largest absolute Gasteiger partial charge is 0.483 e. The van der Waals surface area contributed by atoms with Gasteiger partial charge in [-0.1, -0.05) is 44.2 Å². The summed E-state index contributed by atoms with van der Waals surface area (Å²) in [6.45, 7) is 4.94. The van der Waals surface area contributed by atoms with Crippen molar-refractivity contribution < 1.29 is 14.7 Å². The van der Waals surface area contributed by atoms with Crippen molar-refractivity contribution in [1.29, 1.82) is 0 Å². The van der Waals surface area contributed by atoms with E-state index < -0.39 is 0 Å². The third-order valence-corrected chi connectivity index (χ3v) is 4.60. The zero-order valence-electron chi connectivity index (χ0n) is 16.1. The van der Waals surface area contributed by atoms with Gasteiger partial charge < -0.3 is 20.0 Å². The van der Waals surface area contributed by atoms with Gasteiger partial charge in [0.25, 0.3) is 12.4 Å². The second-order valence-electron chi connectivity index (χ2n) is 6.83. The first-order valence-electron chi connectivity index (χ1n) is 9.13. The molecule has 2 aromatic heterocycles. The van der Waals surface area contributed by atoms with Crippen LogP contribution < -0.4 is 5.69 Å². The van der Waals surface area contributed by atoms with Crippen molar-refractivity contribution in [3.63, 3.8) is 0 Å². The number of nitrogens with zero attached hydrogens (tertiary/aromatic N) is 4. The summed E-state index contributed by atoms with van der Waals surface area (Å²) in [7, 11) is 0. The van der Waals surface area contributed by atoms with Crippen LogP contribution in [0.4, 0.5) is 0 Å². The molecule has 1 aromatic carbocycles. The summed E-state index contributed by atoms with van der Waals surface area (Å²) in [5, 5.41) is 11.5. The van der Waals surface area contributed by atoms with Crippen LogP contribution in [0.15, 0.2) is 41.3 Å². The van der Waals surface area contributed by atoms with Crippen molar-refractivity contribution in [3.8, 4) is 11.4 Å². The normalized spacial score (nSPS) is 15.4. The lowest BCUT2D eigenvalue weighted by atomic mass is 9.99. The predicted molar refractivity (Wildman–Crippen MR) is 104 cm³/mol. The number of benzene rings is 1. The van der Waals surface area contributed by atoms with Gasteiger partial charge in [0.15, 0.2) is 11.6 Å². The summed E-state index contributed by atoms with van der Waals surface area (Å²) in [5.74, 6) is 1.38. The first-order chi connectivity index (χ1) is 14.0. The topological polar surface area (TPSA) is 137 Å². The molecule has 4 rings (SSSR count). The Morgan fingerprint density at radius 3 is 2.55 bits per heavy atom. The van der Waals surface area contributed by atoms with Gasteiger partial charge >= 0.3 is 5.69 Å². The summed E-state index contributed by atoms with van der Waals surface area (Å²) in [5.41, 5.74) is 0.822. The number of amides is 1. The third-order valence-electron chi connectivity index (χ3n) is 4.60. The molecule has 3 aromatic rings. The van der Waals surface area contributed by atoms with Crippen LogP contribution >= 0.6 is 0 Å². The minimum Gasteiger partial charge on any atom is -0.483 e. The van der Waals surface area contributed by atoms with E-state index in [0.717, 1.165) is 11.4 Å². The third kappa shape index (κ3) is 4.10. The fourth-order valence-electron chi connectivity index (χ4n) is 3.42. The van der Waals surface area contributed by atoms with Crippen LogP contribution in [0.1, 0.15) is 36.2 Å². The average molecular weight is 398 g/mol. The zero-order chi connectivity index (χ0) is 21.0. The molecule has 10 heteroatoms. The van der Waals surface area contributed by atoms with E-state index in [4.69, 9.17) is 14.9 Å². The van der Waals surface area contributed by atoms with Gasteiger partial charge in [-0.05, 0) is 5.92 Å². The standard InChI is InChI=1S/C18H20N6O2.CH2O2/c1-11(2)14-16-21-15(12-6-4-3-5-7-12)22-24(16)9-8-23(14)17(25)13-10-19-18(26)20-13;2-1-3/h3-7,10-11,14H,8-9H2,1-2H3,(H2,19,20,26);1H,(H,2,3)/t14-;/m0./s1. The first-order valence-corrected chi connectivity index (χ1v) is 9.13. The van der Waals surface area contributed by atoms with E-state index in [2.05, 4.69) is 28.9 Å². The molecule has 0 spiro atoms. The Balaban J connectivity index is 0.000000755. The van der Waals surface area contributed by atoms with E-state index >= 15 is 0 Å². The molecule has 29 heavy (non-hydrogen) atoms. The minimum absolute atomic E-state index is 0.150. The first kappa shape index (κ1) is 20.1. The Morgan fingerprint density at radius 1 is 1.28 bits per heavy atom.